The fourth-order valence-corrected chi connectivity index (χ4v) is 3.92. The van der Waals surface area contributed by atoms with E-state index in [2.05, 4.69) is 10.6 Å². The highest BCUT2D eigenvalue weighted by Crippen LogP contribution is 2.42. The van der Waals surface area contributed by atoms with Gasteiger partial charge in [-0.15, -0.1) is 12.4 Å². The van der Waals surface area contributed by atoms with Gasteiger partial charge in [-0.2, -0.15) is 0 Å². The number of benzene rings is 2. The molecule has 0 saturated heterocycles. The number of nitrogens with one attached hydrogen (secondary N) is 2. The third kappa shape index (κ3) is 6.97. The molecule has 12 heteroatoms. The van der Waals surface area contributed by atoms with Gasteiger partial charge in [0.25, 0.3) is 5.91 Å². The summed E-state index contributed by atoms with van der Waals surface area (Å²) in [7, 11) is 0. The van der Waals surface area contributed by atoms with Gasteiger partial charge >= 0.3 is 5.97 Å². The summed E-state index contributed by atoms with van der Waals surface area (Å²) in [6, 6.07) is 6.45. The summed E-state index contributed by atoms with van der Waals surface area (Å²) in [6.07, 6.45) is -1.08. The SMILES string of the molecule is CC(=O)c1ccc2c(c1)[C@H](NC(=O)c1ccc(F)c(Cl)c1)[C@H](OC(=O)CNC(=O)[C@H](C)N)C(C)(C)O2.Cl. The van der Waals surface area contributed by atoms with Crippen LogP contribution < -0.4 is 21.1 Å². The van der Waals surface area contributed by atoms with E-state index in [9.17, 15) is 23.6 Å². The minimum atomic E-state index is -1.13. The molecule has 0 radical (unpaired) electrons. The lowest BCUT2D eigenvalue weighted by molar-refractivity contribution is -0.164. The quantitative estimate of drug-likeness (QED) is 0.352. The predicted molar refractivity (Wildman–Crippen MR) is 137 cm³/mol. The Kier molecular flexibility index (Phi) is 9.65. The maximum absolute atomic E-state index is 13.6. The van der Waals surface area contributed by atoms with E-state index >= 15 is 0 Å². The van der Waals surface area contributed by atoms with Crippen molar-refractivity contribution in [1.29, 1.82) is 0 Å². The molecule has 3 rings (SSSR count). The third-order valence-corrected chi connectivity index (χ3v) is 5.95. The second-order valence-corrected chi connectivity index (χ2v) is 9.42. The highest BCUT2D eigenvalue weighted by Gasteiger charge is 2.47. The van der Waals surface area contributed by atoms with E-state index in [1.54, 1.807) is 32.0 Å². The third-order valence-electron chi connectivity index (χ3n) is 5.66. The van der Waals surface area contributed by atoms with E-state index in [4.69, 9.17) is 26.8 Å². The van der Waals surface area contributed by atoms with Crippen molar-refractivity contribution in [2.24, 2.45) is 5.73 Å². The van der Waals surface area contributed by atoms with Gasteiger partial charge in [-0.25, -0.2) is 4.39 Å². The smallest absolute Gasteiger partial charge is 0.325 e. The summed E-state index contributed by atoms with van der Waals surface area (Å²) in [5, 5.41) is 4.94. The van der Waals surface area contributed by atoms with Crippen molar-refractivity contribution in [2.45, 2.75) is 51.5 Å². The molecule has 2 aromatic carbocycles. The van der Waals surface area contributed by atoms with Crippen molar-refractivity contribution in [3.05, 3.63) is 63.9 Å². The van der Waals surface area contributed by atoms with Crippen molar-refractivity contribution < 1.29 is 33.0 Å². The van der Waals surface area contributed by atoms with E-state index in [0.717, 1.165) is 6.07 Å². The van der Waals surface area contributed by atoms with Gasteiger partial charge in [-0.3, -0.25) is 19.2 Å². The average Bonchev–Trinajstić information content (AvgIpc) is 2.80. The minimum absolute atomic E-state index is 0. The molecule has 0 fully saturated rings. The standard InChI is InChI=1S/C25H27ClFN3O6.ClH/c1-12(28)23(33)29-11-20(32)35-22-21(30-24(34)15-5-7-18(27)17(26)10-15)16-9-14(13(2)31)6-8-19(16)36-25(22,3)4;/h5-10,12,21-22H,11,28H2,1-4H3,(H,29,33)(H,30,34);1H/t12-,21-,22-;/m0./s1. The number of nitrogens with two attached hydrogens (primary N) is 1. The molecule has 200 valence electrons. The number of ether oxygens (including phenoxy) is 2. The molecule has 0 aromatic heterocycles. The van der Waals surface area contributed by atoms with Gasteiger partial charge in [0.05, 0.1) is 17.1 Å². The molecule has 2 aromatic rings. The lowest BCUT2D eigenvalue weighted by Gasteiger charge is -2.44. The fraction of sp³-hybridized carbons (Fsp3) is 0.360. The Morgan fingerprint density at radius 2 is 1.81 bits per heavy atom. The van der Waals surface area contributed by atoms with Crippen molar-refractivity contribution >= 4 is 47.6 Å². The Labute approximate surface area is 224 Å². The number of hydrogen-bond acceptors (Lipinski definition) is 7. The Morgan fingerprint density at radius 3 is 2.41 bits per heavy atom. The van der Waals surface area contributed by atoms with E-state index in [1.165, 1.54) is 26.0 Å². The first kappa shape index (κ1) is 30.0. The minimum Gasteiger partial charge on any atom is -0.484 e. The maximum Gasteiger partial charge on any atom is 0.325 e. The molecule has 1 aliphatic heterocycles. The normalized spacial score (nSPS) is 18.2. The first-order valence-corrected chi connectivity index (χ1v) is 11.5. The molecule has 0 saturated carbocycles. The van der Waals surface area contributed by atoms with Crippen LogP contribution in [0, 0.1) is 5.82 Å². The van der Waals surface area contributed by atoms with Gasteiger partial charge < -0.3 is 25.8 Å². The Hall–Kier alpha value is -3.21. The lowest BCUT2D eigenvalue weighted by atomic mass is 9.85. The summed E-state index contributed by atoms with van der Waals surface area (Å²) in [5.41, 5.74) is 5.20. The first-order chi connectivity index (χ1) is 16.8. The molecule has 4 N–H and O–H groups in total. The van der Waals surface area contributed by atoms with Crippen LogP contribution in [0.4, 0.5) is 4.39 Å². The summed E-state index contributed by atoms with van der Waals surface area (Å²) in [5.74, 6) is -2.47. The van der Waals surface area contributed by atoms with Crippen LogP contribution in [-0.4, -0.2) is 47.9 Å². The summed E-state index contributed by atoms with van der Waals surface area (Å²) >= 11 is 5.84. The molecule has 9 nitrogen and oxygen atoms in total. The number of fused-ring (bicyclic) bond motifs is 1. The second kappa shape index (κ2) is 11.9. The van der Waals surface area contributed by atoms with E-state index in [-0.39, 0.29) is 28.8 Å². The van der Waals surface area contributed by atoms with Crippen molar-refractivity contribution in [2.75, 3.05) is 6.54 Å². The van der Waals surface area contributed by atoms with Gasteiger partial charge in [0, 0.05) is 16.7 Å². The van der Waals surface area contributed by atoms with Crippen molar-refractivity contribution in [3.8, 4) is 5.75 Å². The number of halogens is 3. The number of ketones is 1. The van der Waals surface area contributed by atoms with Crippen LogP contribution in [-0.2, 0) is 14.3 Å². The Bertz CT molecular complexity index is 1220. The largest absolute Gasteiger partial charge is 0.484 e. The molecule has 0 bridgehead atoms. The number of amides is 2. The van der Waals surface area contributed by atoms with E-state index < -0.39 is 53.9 Å². The zero-order valence-corrected chi connectivity index (χ0v) is 22.2. The zero-order chi connectivity index (χ0) is 26.8. The van der Waals surface area contributed by atoms with Crippen LogP contribution in [0.5, 0.6) is 5.75 Å². The molecular formula is C25H28Cl2FN3O6. The highest BCUT2D eigenvalue weighted by atomic mass is 35.5. The number of carbonyl (C=O) groups is 4. The number of Topliss-reactive ketones (excluding diaryl/α,β-unsaturated/α-hetero) is 1. The van der Waals surface area contributed by atoms with Crippen LogP contribution >= 0.6 is 24.0 Å². The fourth-order valence-electron chi connectivity index (χ4n) is 3.74. The van der Waals surface area contributed by atoms with Crippen molar-refractivity contribution in [3.63, 3.8) is 0 Å². The van der Waals surface area contributed by atoms with E-state index in [1.807, 2.05) is 0 Å². The summed E-state index contributed by atoms with van der Waals surface area (Å²) in [4.78, 5) is 49.5. The van der Waals surface area contributed by atoms with Crippen LogP contribution in [0.15, 0.2) is 36.4 Å². The van der Waals surface area contributed by atoms with Crippen LogP contribution in [0.3, 0.4) is 0 Å². The molecule has 2 amide bonds. The Morgan fingerprint density at radius 1 is 1.16 bits per heavy atom. The topological polar surface area (TPSA) is 137 Å². The zero-order valence-electron chi connectivity index (χ0n) is 20.6. The van der Waals surface area contributed by atoms with Gasteiger partial charge in [0.1, 0.15) is 23.7 Å². The number of rotatable bonds is 7. The van der Waals surface area contributed by atoms with Crippen LogP contribution in [0.2, 0.25) is 5.02 Å². The van der Waals surface area contributed by atoms with Crippen LogP contribution in [0.25, 0.3) is 0 Å². The summed E-state index contributed by atoms with van der Waals surface area (Å²) < 4.78 is 25.4. The molecule has 1 aliphatic rings. The number of hydrogen-bond donors (Lipinski definition) is 3. The molecule has 3 atom stereocenters. The van der Waals surface area contributed by atoms with Gasteiger partial charge in [0.15, 0.2) is 11.9 Å². The predicted octanol–water partition coefficient (Wildman–Crippen LogP) is 3.12. The van der Waals surface area contributed by atoms with Gasteiger partial charge in [-0.05, 0) is 64.1 Å². The maximum atomic E-state index is 13.6. The van der Waals surface area contributed by atoms with Gasteiger partial charge in [-0.1, -0.05) is 11.6 Å². The molecule has 0 unspecified atom stereocenters. The van der Waals surface area contributed by atoms with Gasteiger partial charge in [0.2, 0.25) is 5.91 Å². The van der Waals surface area contributed by atoms with E-state index in [0.29, 0.717) is 16.9 Å². The molecule has 1 heterocycles. The van der Waals surface area contributed by atoms with Crippen LogP contribution in [0.1, 0.15) is 60.0 Å². The Balaban J connectivity index is 0.00000481. The molecule has 0 spiro atoms. The van der Waals surface area contributed by atoms with Crippen molar-refractivity contribution in [1.82, 2.24) is 10.6 Å². The summed E-state index contributed by atoms with van der Waals surface area (Å²) in [6.45, 7) is 5.74. The highest BCUT2D eigenvalue weighted by molar-refractivity contribution is 6.31. The first-order valence-electron chi connectivity index (χ1n) is 11.1. The lowest BCUT2D eigenvalue weighted by Crippen LogP contribution is -2.56. The second-order valence-electron chi connectivity index (χ2n) is 9.01. The molecular weight excluding hydrogens is 528 g/mol. The average molecular weight is 556 g/mol. The monoisotopic (exact) mass is 555 g/mol. The molecule has 0 aliphatic carbocycles. The number of carbonyl (C=O) groups excluding carboxylic acids is 4. The number of esters is 1. The molecule has 37 heavy (non-hydrogen) atoms.